The molecule has 2 aliphatic rings. The van der Waals surface area contributed by atoms with Gasteiger partial charge in [-0.15, -0.1) is 12.4 Å². The van der Waals surface area contributed by atoms with Gasteiger partial charge in [0.25, 0.3) is 0 Å². The Kier molecular flexibility index (Phi) is 7.49. The first-order chi connectivity index (χ1) is 7.90. The Hall–Kier alpha value is 0.210. The van der Waals surface area contributed by atoms with Gasteiger partial charge in [-0.3, -0.25) is 0 Å². The topological polar surface area (TPSA) is 15.3 Å². The minimum atomic E-state index is 0. The van der Waals surface area contributed by atoms with E-state index in [1.807, 2.05) is 0 Å². The highest BCUT2D eigenvalue weighted by atomic mass is 35.5. The fourth-order valence-electron chi connectivity index (χ4n) is 3.37. The molecule has 2 rings (SSSR count). The molecule has 0 aromatic heterocycles. The second-order valence-electron chi connectivity index (χ2n) is 5.65. The van der Waals surface area contributed by atoms with Gasteiger partial charge >= 0.3 is 0 Å². The molecule has 2 nitrogen and oxygen atoms in total. The smallest absolute Gasteiger partial charge is 0.00952 e. The van der Waals surface area contributed by atoms with Crippen LogP contribution in [0.2, 0.25) is 0 Å². The molecule has 0 bridgehead atoms. The lowest BCUT2D eigenvalue weighted by atomic mass is 9.94. The van der Waals surface area contributed by atoms with Crippen LogP contribution in [0.25, 0.3) is 0 Å². The molecule has 0 aliphatic carbocycles. The lowest BCUT2D eigenvalue weighted by molar-refractivity contribution is 0.110. The highest BCUT2D eigenvalue weighted by molar-refractivity contribution is 5.85. The van der Waals surface area contributed by atoms with Crippen molar-refractivity contribution in [1.82, 2.24) is 10.2 Å². The minimum absolute atomic E-state index is 0. The summed E-state index contributed by atoms with van der Waals surface area (Å²) in [7, 11) is 0. The maximum absolute atomic E-state index is 3.54. The quantitative estimate of drug-likeness (QED) is 0.836. The summed E-state index contributed by atoms with van der Waals surface area (Å²) < 4.78 is 0. The Morgan fingerprint density at radius 1 is 1.18 bits per heavy atom. The molecule has 2 fully saturated rings. The molecule has 17 heavy (non-hydrogen) atoms. The molecule has 0 aromatic rings. The number of hydrogen-bond acceptors (Lipinski definition) is 2. The average molecular weight is 261 g/mol. The molecule has 3 heteroatoms. The van der Waals surface area contributed by atoms with E-state index in [-0.39, 0.29) is 12.4 Å². The number of likely N-dealkylation sites (tertiary alicyclic amines) is 1. The van der Waals surface area contributed by atoms with E-state index in [0.717, 1.165) is 12.0 Å². The zero-order chi connectivity index (χ0) is 11.2. The van der Waals surface area contributed by atoms with E-state index in [0.29, 0.717) is 0 Å². The van der Waals surface area contributed by atoms with Crippen molar-refractivity contribution in [3.63, 3.8) is 0 Å². The second-order valence-corrected chi connectivity index (χ2v) is 5.65. The van der Waals surface area contributed by atoms with Crippen LogP contribution in [-0.4, -0.2) is 37.1 Å². The summed E-state index contributed by atoms with van der Waals surface area (Å²) in [6, 6.07) is 0.903. The summed E-state index contributed by atoms with van der Waals surface area (Å²) in [4.78, 5) is 2.80. The zero-order valence-corrected chi connectivity index (χ0v) is 12.1. The normalized spacial score (nSPS) is 30.9. The van der Waals surface area contributed by atoms with Crippen molar-refractivity contribution in [2.45, 2.75) is 57.9 Å². The molecule has 2 unspecified atom stereocenters. The van der Waals surface area contributed by atoms with Gasteiger partial charge in [-0.1, -0.05) is 19.8 Å². The molecule has 0 saturated carbocycles. The van der Waals surface area contributed by atoms with Crippen LogP contribution in [0.3, 0.4) is 0 Å². The van der Waals surface area contributed by atoms with E-state index in [1.54, 1.807) is 0 Å². The lowest BCUT2D eigenvalue weighted by Crippen LogP contribution is -2.45. The van der Waals surface area contributed by atoms with E-state index in [4.69, 9.17) is 0 Å². The summed E-state index contributed by atoms with van der Waals surface area (Å²) in [5.74, 6) is 0.922. The number of nitrogens with one attached hydrogen (secondary N) is 1. The molecule has 102 valence electrons. The lowest BCUT2D eigenvalue weighted by Gasteiger charge is -2.39. The molecular formula is C14H29ClN2. The monoisotopic (exact) mass is 260 g/mol. The predicted octanol–water partition coefficient (Wildman–Crippen LogP) is 3.06. The molecule has 2 saturated heterocycles. The van der Waals surface area contributed by atoms with Gasteiger partial charge < -0.3 is 10.2 Å². The fraction of sp³-hybridized carbons (Fsp3) is 1.00. The first-order valence-corrected chi connectivity index (χ1v) is 7.35. The van der Waals surface area contributed by atoms with E-state index >= 15 is 0 Å². The summed E-state index contributed by atoms with van der Waals surface area (Å²) in [6.07, 6.45) is 9.95. The SMILES string of the molecule is CCCC1CCCCN1CC1CCCNC1.Cl. The number of hydrogen-bond donors (Lipinski definition) is 1. The molecular weight excluding hydrogens is 232 g/mol. The summed E-state index contributed by atoms with van der Waals surface area (Å²) >= 11 is 0. The van der Waals surface area contributed by atoms with Crippen molar-refractivity contribution in [3.8, 4) is 0 Å². The van der Waals surface area contributed by atoms with Crippen LogP contribution in [0.15, 0.2) is 0 Å². The molecule has 0 aromatic carbocycles. The van der Waals surface area contributed by atoms with Crippen molar-refractivity contribution in [2.24, 2.45) is 5.92 Å². The van der Waals surface area contributed by atoms with Crippen molar-refractivity contribution >= 4 is 12.4 Å². The van der Waals surface area contributed by atoms with E-state index < -0.39 is 0 Å². The van der Waals surface area contributed by atoms with Gasteiger partial charge in [-0.05, 0) is 57.7 Å². The van der Waals surface area contributed by atoms with Gasteiger partial charge in [-0.25, -0.2) is 0 Å². The number of halogens is 1. The van der Waals surface area contributed by atoms with E-state index in [1.165, 1.54) is 71.1 Å². The third-order valence-electron chi connectivity index (χ3n) is 4.26. The van der Waals surface area contributed by atoms with Crippen molar-refractivity contribution in [2.75, 3.05) is 26.2 Å². The number of nitrogens with zero attached hydrogens (tertiary/aromatic N) is 1. The molecule has 1 N–H and O–H groups in total. The highest BCUT2D eigenvalue weighted by Crippen LogP contribution is 2.23. The first-order valence-electron chi connectivity index (χ1n) is 7.35. The summed E-state index contributed by atoms with van der Waals surface area (Å²) in [6.45, 7) is 7.55. The van der Waals surface area contributed by atoms with Gasteiger partial charge in [0.1, 0.15) is 0 Å². The maximum Gasteiger partial charge on any atom is 0.00952 e. The predicted molar refractivity (Wildman–Crippen MR) is 77.0 cm³/mol. The zero-order valence-electron chi connectivity index (χ0n) is 11.3. The molecule has 2 heterocycles. The Labute approximate surface area is 113 Å². The minimum Gasteiger partial charge on any atom is -0.316 e. The third kappa shape index (κ3) is 4.76. The Balaban J connectivity index is 0.00000144. The van der Waals surface area contributed by atoms with Crippen molar-refractivity contribution in [1.29, 1.82) is 0 Å². The summed E-state index contributed by atoms with van der Waals surface area (Å²) in [5.41, 5.74) is 0. The van der Waals surface area contributed by atoms with Gasteiger partial charge in [0.2, 0.25) is 0 Å². The Bertz CT molecular complexity index is 191. The molecule has 0 radical (unpaired) electrons. The first kappa shape index (κ1) is 15.3. The average Bonchev–Trinajstić information content (AvgIpc) is 2.33. The fourth-order valence-corrected chi connectivity index (χ4v) is 3.37. The van der Waals surface area contributed by atoms with Gasteiger partial charge in [-0.2, -0.15) is 0 Å². The highest BCUT2D eigenvalue weighted by Gasteiger charge is 2.24. The van der Waals surface area contributed by atoms with E-state index in [2.05, 4.69) is 17.1 Å². The van der Waals surface area contributed by atoms with Crippen LogP contribution in [0.1, 0.15) is 51.9 Å². The largest absolute Gasteiger partial charge is 0.316 e. The van der Waals surface area contributed by atoms with Gasteiger partial charge in [0.05, 0.1) is 0 Å². The third-order valence-corrected chi connectivity index (χ3v) is 4.26. The standard InChI is InChI=1S/C14H28N2.ClH/c1-2-6-14-8-3-4-10-16(14)12-13-7-5-9-15-11-13;/h13-15H,2-12H2,1H3;1H. The van der Waals surface area contributed by atoms with Crippen LogP contribution in [-0.2, 0) is 0 Å². The van der Waals surface area contributed by atoms with Gasteiger partial charge in [0, 0.05) is 12.6 Å². The Morgan fingerprint density at radius 3 is 2.76 bits per heavy atom. The van der Waals surface area contributed by atoms with Crippen molar-refractivity contribution < 1.29 is 0 Å². The van der Waals surface area contributed by atoms with Crippen LogP contribution in [0, 0.1) is 5.92 Å². The number of rotatable bonds is 4. The molecule has 2 atom stereocenters. The molecule has 0 spiro atoms. The second kappa shape index (κ2) is 8.34. The van der Waals surface area contributed by atoms with Crippen LogP contribution in [0.4, 0.5) is 0 Å². The van der Waals surface area contributed by atoms with Crippen LogP contribution in [0.5, 0.6) is 0 Å². The van der Waals surface area contributed by atoms with Gasteiger partial charge in [0.15, 0.2) is 0 Å². The molecule has 2 aliphatic heterocycles. The van der Waals surface area contributed by atoms with Crippen LogP contribution >= 0.6 is 12.4 Å². The summed E-state index contributed by atoms with van der Waals surface area (Å²) in [5, 5.41) is 3.54. The van der Waals surface area contributed by atoms with Crippen molar-refractivity contribution in [3.05, 3.63) is 0 Å². The van der Waals surface area contributed by atoms with Crippen LogP contribution < -0.4 is 5.32 Å². The maximum atomic E-state index is 3.54. The Morgan fingerprint density at radius 2 is 2.06 bits per heavy atom. The molecule has 0 amide bonds. The van der Waals surface area contributed by atoms with E-state index in [9.17, 15) is 0 Å². The number of piperidine rings is 2.